The summed E-state index contributed by atoms with van der Waals surface area (Å²) in [6, 6.07) is 4.40. The molecule has 0 heterocycles. The highest BCUT2D eigenvalue weighted by Crippen LogP contribution is 2.17. The lowest BCUT2D eigenvalue weighted by Gasteiger charge is -2.20. The van der Waals surface area contributed by atoms with Gasteiger partial charge in [0.05, 0.1) is 11.5 Å². The van der Waals surface area contributed by atoms with Gasteiger partial charge in [-0.2, -0.15) is 0 Å². The van der Waals surface area contributed by atoms with Crippen molar-refractivity contribution >= 4 is 15.9 Å². The topological polar surface area (TPSA) is 95.5 Å². The van der Waals surface area contributed by atoms with E-state index in [1.54, 1.807) is 33.8 Å². The number of carbonyl (C=O) groups excluding carboxylic acids is 1. The molecule has 0 aliphatic heterocycles. The van der Waals surface area contributed by atoms with Crippen LogP contribution < -0.4 is 10.0 Å². The van der Waals surface area contributed by atoms with E-state index in [2.05, 4.69) is 10.0 Å². The number of sulfonamides is 1. The van der Waals surface area contributed by atoms with Gasteiger partial charge in [0.25, 0.3) is 5.91 Å². The Morgan fingerprint density at radius 2 is 1.90 bits per heavy atom. The van der Waals surface area contributed by atoms with Gasteiger partial charge in [0.1, 0.15) is 0 Å². The average Bonchev–Trinajstić information content (AvgIpc) is 2.33. The highest BCUT2D eigenvalue weighted by atomic mass is 32.2. The molecule has 1 aromatic rings. The standard InChI is InChI=1S/C14H22N2O4S/c1-10-5-6-11(21(19,20)16-14(2,3)4)9-12(10)13(18)15-7-8-17/h5-6,9,16-17H,7-8H2,1-4H3,(H,15,18). The van der Waals surface area contributed by atoms with Crippen LogP contribution in [0.25, 0.3) is 0 Å². The molecule has 1 rings (SSSR count). The quantitative estimate of drug-likeness (QED) is 0.749. The molecule has 1 aromatic carbocycles. The number of aliphatic hydroxyl groups is 1. The maximum absolute atomic E-state index is 12.3. The van der Waals surface area contributed by atoms with E-state index in [1.165, 1.54) is 12.1 Å². The first-order valence-electron chi connectivity index (χ1n) is 6.60. The molecule has 0 fully saturated rings. The van der Waals surface area contributed by atoms with Crippen LogP contribution >= 0.6 is 0 Å². The Labute approximate surface area is 125 Å². The van der Waals surface area contributed by atoms with Crippen molar-refractivity contribution in [1.82, 2.24) is 10.0 Å². The maximum Gasteiger partial charge on any atom is 0.251 e. The molecule has 1 amide bonds. The fourth-order valence-corrected chi connectivity index (χ4v) is 3.18. The zero-order valence-electron chi connectivity index (χ0n) is 12.7. The molecule has 0 saturated carbocycles. The van der Waals surface area contributed by atoms with E-state index in [9.17, 15) is 13.2 Å². The van der Waals surface area contributed by atoms with Crippen molar-refractivity contribution in [2.45, 2.75) is 38.1 Å². The van der Waals surface area contributed by atoms with Crippen LogP contribution in [-0.2, 0) is 10.0 Å². The van der Waals surface area contributed by atoms with E-state index < -0.39 is 21.5 Å². The van der Waals surface area contributed by atoms with Gasteiger partial charge >= 0.3 is 0 Å². The number of aliphatic hydroxyl groups excluding tert-OH is 1. The van der Waals surface area contributed by atoms with E-state index in [1.807, 2.05) is 0 Å². The van der Waals surface area contributed by atoms with E-state index in [-0.39, 0.29) is 23.6 Å². The average molecular weight is 314 g/mol. The molecular weight excluding hydrogens is 292 g/mol. The third kappa shape index (κ3) is 5.11. The van der Waals surface area contributed by atoms with Crippen molar-refractivity contribution < 1.29 is 18.3 Å². The van der Waals surface area contributed by atoms with Crippen LogP contribution in [-0.4, -0.2) is 38.1 Å². The lowest BCUT2D eigenvalue weighted by molar-refractivity contribution is 0.0944. The summed E-state index contributed by atoms with van der Waals surface area (Å²) in [5.41, 5.74) is 0.337. The fraction of sp³-hybridized carbons (Fsp3) is 0.500. The Bertz CT molecular complexity index is 618. The number of benzene rings is 1. The van der Waals surface area contributed by atoms with Crippen LogP contribution in [0.1, 0.15) is 36.7 Å². The van der Waals surface area contributed by atoms with E-state index in [4.69, 9.17) is 5.11 Å². The molecule has 0 saturated heterocycles. The van der Waals surface area contributed by atoms with Gasteiger partial charge in [0.15, 0.2) is 0 Å². The summed E-state index contributed by atoms with van der Waals surface area (Å²) in [6.45, 7) is 6.90. The number of carbonyl (C=O) groups is 1. The van der Waals surface area contributed by atoms with Gasteiger partial charge in [-0.15, -0.1) is 0 Å². The summed E-state index contributed by atoms with van der Waals surface area (Å²) in [7, 11) is -3.69. The molecule has 0 aliphatic rings. The summed E-state index contributed by atoms with van der Waals surface area (Å²) < 4.78 is 27.1. The van der Waals surface area contributed by atoms with Crippen molar-refractivity contribution in [2.75, 3.05) is 13.2 Å². The molecule has 0 spiro atoms. The Morgan fingerprint density at radius 3 is 2.43 bits per heavy atom. The van der Waals surface area contributed by atoms with Gasteiger partial charge in [0, 0.05) is 17.6 Å². The Morgan fingerprint density at radius 1 is 1.29 bits per heavy atom. The lowest BCUT2D eigenvalue weighted by atomic mass is 10.1. The van der Waals surface area contributed by atoms with Gasteiger partial charge in [-0.25, -0.2) is 13.1 Å². The normalized spacial score (nSPS) is 12.2. The van der Waals surface area contributed by atoms with Crippen LogP contribution in [0.4, 0.5) is 0 Å². The van der Waals surface area contributed by atoms with Gasteiger partial charge in [-0.05, 0) is 45.4 Å². The fourth-order valence-electron chi connectivity index (χ4n) is 1.74. The van der Waals surface area contributed by atoms with Crippen LogP contribution in [0.2, 0.25) is 0 Å². The Kier molecular flexibility index (Phi) is 5.49. The van der Waals surface area contributed by atoms with Crippen molar-refractivity contribution in [3.63, 3.8) is 0 Å². The van der Waals surface area contributed by atoms with Crippen molar-refractivity contribution in [3.8, 4) is 0 Å². The highest BCUT2D eigenvalue weighted by Gasteiger charge is 2.23. The SMILES string of the molecule is Cc1ccc(S(=O)(=O)NC(C)(C)C)cc1C(=O)NCCO. The first-order valence-corrected chi connectivity index (χ1v) is 8.09. The van der Waals surface area contributed by atoms with Crippen molar-refractivity contribution in [1.29, 1.82) is 0 Å². The number of hydrogen-bond acceptors (Lipinski definition) is 4. The molecule has 0 aliphatic carbocycles. The predicted molar refractivity (Wildman–Crippen MR) is 80.7 cm³/mol. The van der Waals surface area contributed by atoms with Crippen LogP contribution in [0.15, 0.2) is 23.1 Å². The zero-order valence-corrected chi connectivity index (χ0v) is 13.5. The second-order valence-electron chi connectivity index (χ2n) is 5.81. The van der Waals surface area contributed by atoms with Gasteiger partial charge in [0.2, 0.25) is 10.0 Å². The summed E-state index contributed by atoms with van der Waals surface area (Å²) in [5.74, 6) is -0.408. The maximum atomic E-state index is 12.3. The monoisotopic (exact) mass is 314 g/mol. The molecule has 0 atom stereocenters. The number of amides is 1. The number of aryl methyl sites for hydroxylation is 1. The minimum absolute atomic E-state index is 0.0390. The second kappa shape index (κ2) is 6.55. The largest absolute Gasteiger partial charge is 0.395 e. The van der Waals surface area contributed by atoms with E-state index in [0.717, 1.165) is 0 Å². The lowest BCUT2D eigenvalue weighted by Crippen LogP contribution is -2.40. The first-order chi connectivity index (χ1) is 9.57. The molecule has 6 nitrogen and oxygen atoms in total. The molecule has 0 aromatic heterocycles. The Hall–Kier alpha value is -1.44. The molecule has 7 heteroatoms. The van der Waals surface area contributed by atoms with Crippen molar-refractivity contribution in [3.05, 3.63) is 29.3 Å². The van der Waals surface area contributed by atoms with Gasteiger partial charge < -0.3 is 10.4 Å². The molecule has 3 N–H and O–H groups in total. The number of nitrogens with one attached hydrogen (secondary N) is 2. The zero-order chi connectivity index (χ0) is 16.3. The summed E-state index contributed by atoms with van der Waals surface area (Å²) in [6.07, 6.45) is 0. The summed E-state index contributed by atoms with van der Waals surface area (Å²) >= 11 is 0. The molecular formula is C14H22N2O4S. The third-order valence-corrected chi connectivity index (χ3v) is 4.36. The van der Waals surface area contributed by atoms with E-state index in [0.29, 0.717) is 5.56 Å². The summed E-state index contributed by atoms with van der Waals surface area (Å²) in [5, 5.41) is 11.2. The molecule has 0 bridgehead atoms. The predicted octanol–water partition coefficient (Wildman–Crippen LogP) is 0.794. The van der Waals surface area contributed by atoms with Gasteiger partial charge in [-0.1, -0.05) is 6.07 Å². The van der Waals surface area contributed by atoms with Crippen LogP contribution in [0.5, 0.6) is 0 Å². The molecule has 21 heavy (non-hydrogen) atoms. The smallest absolute Gasteiger partial charge is 0.251 e. The third-order valence-electron chi connectivity index (χ3n) is 2.60. The van der Waals surface area contributed by atoms with Crippen LogP contribution in [0, 0.1) is 6.92 Å². The molecule has 118 valence electrons. The van der Waals surface area contributed by atoms with Crippen molar-refractivity contribution in [2.24, 2.45) is 0 Å². The van der Waals surface area contributed by atoms with Crippen LogP contribution in [0.3, 0.4) is 0 Å². The highest BCUT2D eigenvalue weighted by molar-refractivity contribution is 7.89. The minimum Gasteiger partial charge on any atom is -0.395 e. The first kappa shape index (κ1) is 17.6. The number of rotatable bonds is 5. The van der Waals surface area contributed by atoms with Gasteiger partial charge in [-0.3, -0.25) is 4.79 Å². The minimum atomic E-state index is -3.69. The number of hydrogen-bond donors (Lipinski definition) is 3. The second-order valence-corrected chi connectivity index (χ2v) is 7.49. The Balaban J connectivity index is 3.15. The van der Waals surface area contributed by atoms with E-state index >= 15 is 0 Å². The molecule has 0 unspecified atom stereocenters. The summed E-state index contributed by atoms with van der Waals surface area (Å²) in [4.78, 5) is 12.0. The molecule has 0 radical (unpaired) electrons.